The van der Waals surface area contributed by atoms with Crippen LogP contribution >= 0.6 is 11.6 Å². The van der Waals surface area contributed by atoms with Crippen LogP contribution in [0.4, 0.5) is 10.1 Å². The molecular weight excluding hydrogens is 297 g/mol. The zero-order chi connectivity index (χ0) is 15.4. The first-order valence-corrected chi connectivity index (χ1v) is 7.07. The molecule has 0 saturated carbocycles. The summed E-state index contributed by atoms with van der Waals surface area (Å²) in [5, 5.41) is 3.16. The van der Waals surface area contributed by atoms with E-state index < -0.39 is 5.82 Å². The van der Waals surface area contributed by atoms with Gasteiger partial charge in [-0.3, -0.25) is 9.59 Å². The number of anilines is 1. The van der Waals surface area contributed by atoms with Crippen molar-refractivity contribution in [2.45, 2.75) is 6.92 Å². The van der Waals surface area contributed by atoms with Gasteiger partial charge in [0.2, 0.25) is 11.8 Å². The van der Waals surface area contributed by atoms with Crippen molar-refractivity contribution in [2.75, 3.05) is 38.0 Å². The van der Waals surface area contributed by atoms with Gasteiger partial charge in [-0.2, -0.15) is 0 Å². The van der Waals surface area contributed by atoms with E-state index in [2.05, 4.69) is 5.32 Å². The minimum atomic E-state index is -0.450. The van der Waals surface area contributed by atoms with Crippen LogP contribution in [-0.2, 0) is 9.59 Å². The molecule has 1 saturated heterocycles. The summed E-state index contributed by atoms with van der Waals surface area (Å²) in [6.45, 7) is 3.58. The van der Waals surface area contributed by atoms with Gasteiger partial charge in [-0.25, -0.2) is 4.39 Å². The first-order chi connectivity index (χ1) is 9.97. The van der Waals surface area contributed by atoms with Gasteiger partial charge in [0, 0.05) is 38.1 Å². The molecule has 0 bridgehead atoms. The molecule has 1 aromatic carbocycles. The standard InChI is InChI=1S/C14H17ClFN3O2/c1-10(20)18-4-6-19(7-5-18)14(21)9-17-13-8-11(15)2-3-12(13)16/h2-3,8,17H,4-7,9H2,1H3. The average molecular weight is 314 g/mol. The van der Waals surface area contributed by atoms with E-state index in [9.17, 15) is 14.0 Å². The molecule has 1 N–H and O–H groups in total. The Hall–Kier alpha value is -1.82. The number of hydrogen-bond donors (Lipinski definition) is 1. The minimum absolute atomic E-state index is 0.00265. The van der Waals surface area contributed by atoms with Crippen LogP contribution in [0.25, 0.3) is 0 Å². The smallest absolute Gasteiger partial charge is 0.241 e. The summed E-state index contributed by atoms with van der Waals surface area (Å²) in [5.74, 6) is -0.563. The van der Waals surface area contributed by atoms with Crippen LogP contribution in [0.5, 0.6) is 0 Å². The van der Waals surface area contributed by atoms with Crippen LogP contribution in [0, 0.1) is 5.82 Å². The largest absolute Gasteiger partial charge is 0.374 e. The van der Waals surface area contributed by atoms with Crippen LogP contribution in [-0.4, -0.2) is 54.3 Å². The molecular formula is C14H17ClFN3O2. The molecule has 1 aliphatic heterocycles. The van der Waals surface area contributed by atoms with Crippen molar-refractivity contribution in [1.29, 1.82) is 0 Å². The number of amides is 2. The topological polar surface area (TPSA) is 52.7 Å². The van der Waals surface area contributed by atoms with E-state index >= 15 is 0 Å². The summed E-state index contributed by atoms with van der Waals surface area (Å²) in [6.07, 6.45) is 0. The Balaban J connectivity index is 1.85. The van der Waals surface area contributed by atoms with Crippen molar-refractivity contribution in [1.82, 2.24) is 9.80 Å². The van der Waals surface area contributed by atoms with Gasteiger partial charge in [-0.1, -0.05) is 11.6 Å². The summed E-state index contributed by atoms with van der Waals surface area (Å²) >= 11 is 5.79. The summed E-state index contributed by atoms with van der Waals surface area (Å²) in [6, 6.07) is 4.14. The monoisotopic (exact) mass is 313 g/mol. The molecule has 1 fully saturated rings. The number of nitrogens with zero attached hydrogens (tertiary/aromatic N) is 2. The van der Waals surface area contributed by atoms with Crippen molar-refractivity contribution >= 4 is 29.1 Å². The molecule has 0 radical (unpaired) electrons. The Morgan fingerprint density at radius 2 is 1.86 bits per heavy atom. The lowest BCUT2D eigenvalue weighted by Gasteiger charge is -2.34. The second-order valence-corrected chi connectivity index (χ2v) is 5.30. The highest BCUT2D eigenvalue weighted by Gasteiger charge is 2.22. The maximum Gasteiger partial charge on any atom is 0.241 e. The van der Waals surface area contributed by atoms with Gasteiger partial charge >= 0.3 is 0 Å². The predicted octanol–water partition coefficient (Wildman–Crippen LogP) is 1.58. The molecule has 0 aliphatic carbocycles. The Kier molecular flexibility index (Phi) is 5.01. The lowest BCUT2D eigenvalue weighted by molar-refractivity contribution is -0.137. The number of nitrogens with one attached hydrogen (secondary N) is 1. The van der Waals surface area contributed by atoms with E-state index in [1.807, 2.05) is 0 Å². The number of rotatable bonds is 3. The first kappa shape index (κ1) is 15.6. The summed E-state index contributed by atoms with van der Waals surface area (Å²) < 4.78 is 13.5. The molecule has 2 rings (SSSR count). The molecule has 0 aromatic heterocycles. The minimum Gasteiger partial charge on any atom is -0.374 e. The third kappa shape index (κ3) is 4.07. The van der Waals surface area contributed by atoms with Crippen LogP contribution in [0.2, 0.25) is 5.02 Å². The van der Waals surface area contributed by atoms with E-state index in [0.29, 0.717) is 31.2 Å². The molecule has 5 nitrogen and oxygen atoms in total. The fourth-order valence-electron chi connectivity index (χ4n) is 2.19. The third-order valence-corrected chi connectivity index (χ3v) is 3.67. The molecule has 7 heteroatoms. The van der Waals surface area contributed by atoms with E-state index in [0.717, 1.165) is 0 Å². The highest BCUT2D eigenvalue weighted by molar-refractivity contribution is 6.30. The van der Waals surface area contributed by atoms with Gasteiger partial charge in [0.15, 0.2) is 0 Å². The molecule has 1 heterocycles. The molecule has 114 valence electrons. The van der Waals surface area contributed by atoms with Crippen LogP contribution in [0.15, 0.2) is 18.2 Å². The molecule has 1 aromatic rings. The Morgan fingerprint density at radius 1 is 1.24 bits per heavy atom. The van der Waals surface area contributed by atoms with E-state index in [-0.39, 0.29) is 24.0 Å². The van der Waals surface area contributed by atoms with Crippen molar-refractivity contribution in [3.05, 3.63) is 29.0 Å². The van der Waals surface area contributed by atoms with Gasteiger partial charge in [0.25, 0.3) is 0 Å². The maximum absolute atomic E-state index is 13.5. The SMILES string of the molecule is CC(=O)N1CCN(C(=O)CNc2cc(Cl)ccc2F)CC1. The number of hydrogen-bond acceptors (Lipinski definition) is 3. The van der Waals surface area contributed by atoms with Gasteiger partial charge < -0.3 is 15.1 Å². The van der Waals surface area contributed by atoms with Crippen molar-refractivity contribution in [3.8, 4) is 0 Å². The molecule has 0 spiro atoms. The number of piperazine rings is 1. The average Bonchev–Trinajstić information content (AvgIpc) is 2.48. The van der Waals surface area contributed by atoms with Crippen LogP contribution < -0.4 is 5.32 Å². The first-order valence-electron chi connectivity index (χ1n) is 6.69. The fourth-order valence-corrected chi connectivity index (χ4v) is 2.36. The summed E-state index contributed by atoms with van der Waals surface area (Å²) in [4.78, 5) is 26.6. The van der Waals surface area contributed by atoms with Crippen LogP contribution in [0.3, 0.4) is 0 Å². The zero-order valence-electron chi connectivity index (χ0n) is 11.7. The highest BCUT2D eigenvalue weighted by Crippen LogP contribution is 2.19. The van der Waals surface area contributed by atoms with Gasteiger partial charge in [0.05, 0.1) is 12.2 Å². The summed E-state index contributed by atoms with van der Waals surface area (Å²) in [7, 11) is 0. The van der Waals surface area contributed by atoms with Crippen LogP contribution in [0.1, 0.15) is 6.92 Å². The molecule has 0 atom stereocenters. The maximum atomic E-state index is 13.5. The zero-order valence-corrected chi connectivity index (χ0v) is 12.5. The van der Waals surface area contributed by atoms with E-state index in [4.69, 9.17) is 11.6 Å². The van der Waals surface area contributed by atoms with E-state index in [1.165, 1.54) is 25.1 Å². The second-order valence-electron chi connectivity index (χ2n) is 4.86. The lowest BCUT2D eigenvalue weighted by atomic mass is 10.3. The third-order valence-electron chi connectivity index (χ3n) is 3.44. The predicted molar refractivity (Wildman–Crippen MR) is 78.7 cm³/mol. The number of halogens is 2. The summed E-state index contributed by atoms with van der Waals surface area (Å²) in [5.41, 5.74) is 0.207. The lowest BCUT2D eigenvalue weighted by Crippen LogP contribution is -2.51. The number of carbonyl (C=O) groups excluding carboxylic acids is 2. The van der Waals surface area contributed by atoms with Gasteiger partial charge in [-0.05, 0) is 18.2 Å². The van der Waals surface area contributed by atoms with Gasteiger partial charge in [-0.15, -0.1) is 0 Å². The quantitative estimate of drug-likeness (QED) is 0.922. The molecule has 1 aliphatic rings. The molecule has 21 heavy (non-hydrogen) atoms. The molecule has 2 amide bonds. The number of benzene rings is 1. The Morgan fingerprint density at radius 3 is 2.48 bits per heavy atom. The Labute approximate surface area is 127 Å². The van der Waals surface area contributed by atoms with Crippen molar-refractivity contribution < 1.29 is 14.0 Å². The van der Waals surface area contributed by atoms with E-state index in [1.54, 1.807) is 9.80 Å². The number of carbonyl (C=O) groups is 2. The highest BCUT2D eigenvalue weighted by atomic mass is 35.5. The van der Waals surface area contributed by atoms with Crippen molar-refractivity contribution in [2.24, 2.45) is 0 Å². The molecule has 0 unspecified atom stereocenters. The van der Waals surface area contributed by atoms with Crippen molar-refractivity contribution in [3.63, 3.8) is 0 Å². The Bertz CT molecular complexity index is 545. The second kappa shape index (κ2) is 6.76. The normalized spacial score (nSPS) is 15.0. The fraction of sp³-hybridized carbons (Fsp3) is 0.429. The van der Waals surface area contributed by atoms with Gasteiger partial charge in [0.1, 0.15) is 5.82 Å².